The summed E-state index contributed by atoms with van der Waals surface area (Å²) in [6.07, 6.45) is 2.98. The van der Waals surface area contributed by atoms with Gasteiger partial charge in [-0.1, -0.05) is 20.8 Å². The van der Waals surface area contributed by atoms with E-state index >= 15 is 0 Å². The van der Waals surface area contributed by atoms with Gasteiger partial charge in [0.1, 0.15) is 0 Å². The molecule has 0 atom stereocenters. The summed E-state index contributed by atoms with van der Waals surface area (Å²) in [6.45, 7) is 8.61. The standard InChI is InChI=1S/C11H20O2/c1-5-10(8-13-6-2)11(12)7-9(3)4/h8-9H,5-7H2,1-4H3/b10-8+. The van der Waals surface area contributed by atoms with Crippen LogP contribution in [0.15, 0.2) is 11.8 Å². The molecule has 0 aromatic rings. The van der Waals surface area contributed by atoms with Crippen LogP contribution in [0.25, 0.3) is 0 Å². The maximum Gasteiger partial charge on any atom is 0.162 e. The minimum Gasteiger partial charge on any atom is -0.501 e. The maximum atomic E-state index is 11.5. The summed E-state index contributed by atoms with van der Waals surface area (Å²) in [5, 5.41) is 0. The first-order chi connectivity index (χ1) is 6.11. The normalized spacial score (nSPS) is 11.9. The van der Waals surface area contributed by atoms with Crippen LogP contribution >= 0.6 is 0 Å². The van der Waals surface area contributed by atoms with Crippen LogP contribution in [0.1, 0.15) is 40.5 Å². The molecule has 0 N–H and O–H groups in total. The number of rotatable bonds is 6. The number of hydrogen-bond acceptors (Lipinski definition) is 2. The smallest absolute Gasteiger partial charge is 0.162 e. The Kier molecular flexibility index (Phi) is 6.29. The molecule has 2 heteroatoms. The van der Waals surface area contributed by atoms with E-state index in [9.17, 15) is 4.79 Å². The van der Waals surface area contributed by atoms with E-state index in [1.54, 1.807) is 6.26 Å². The molecule has 0 saturated heterocycles. The molecule has 0 aromatic carbocycles. The molecule has 0 saturated carbocycles. The second-order valence-electron chi connectivity index (χ2n) is 3.47. The lowest BCUT2D eigenvalue weighted by atomic mass is 10.0. The fraction of sp³-hybridized carbons (Fsp3) is 0.727. The molecule has 76 valence electrons. The summed E-state index contributed by atoms with van der Waals surface area (Å²) in [6, 6.07) is 0. The Bertz CT molecular complexity index is 181. The van der Waals surface area contributed by atoms with E-state index in [2.05, 4.69) is 0 Å². The number of ketones is 1. The van der Waals surface area contributed by atoms with Gasteiger partial charge in [0, 0.05) is 12.0 Å². The minimum atomic E-state index is 0.214. The van der Waals surface area contributed by atoms with Gasteiger partial charge in [-0.15, -0.1) is 0 Å². The second-order valence-corrected chi connectivity index (χ2v) is 3.47. The van der Waals surface area contributed by atoms with Crippen molar-refractivity contribution >= 4 is 5.78 Å². The average molecular weight is 184 g/mol. The summed E-state index contributed by atoms with van der Waals surface area (Å²) in [7, 11) is 0. The summed E-state index contributed by atoms with van der Waals surface area (Å²) in [5.41, 5.74) is 0.801. The first-order valence-corrected chi connectivity index (χ1v) is 4.95. The second kappa shape index (κ2) is 6.70. The fourth-order valence-electron chi connectivity index (χ4n) is 1.03. The number of Topliss-reactive ketones (excluding diaryl/α,β-unsaturated/α-hetero) is 1. The SMILES string of the molecule is CCO/C=C(\CC)C(=O)CC(C)C. The van der Waals surface area contributed by atoms with Gasteiger partial charge in [0.05, 0.1) is 12.9 Å². The monoisotopic (exact) mass is 184 g/mol. The van der Waals surface area contributed by atoms with E-state index in [1.807, 2.05) is 27.7 Å². The molecular weight excluding hydrogens is 164 g/mol. The van der Waals surface area contributed by atoms with Crippen molar-refractivity contribution in [2.45, 2.75) is 40.5 Å². The van der Waals surface area contributed by atoms with Crippen molar-refractivity contribution in [1.82, 2.24) is 0 Å². The van der Waals surface area contributed by atoms with Crippen LogP contribution in [0, 0.1) is 5.92 Å². The van der Waals surface area contributed by atoms with E-state index in [4.69, 9.17) is 4.74 Å². The van der Waals surface area contributed by atoms with Gasteiger partial charge in [0.2, 0.25) is 0 Å². The number of carbonyl (C=O) groups is 1. The van der Waals surface area contributed by atoms with Crippen LogP contribution in [0.4, 0.5) is 0 Å². The Morgan fingerprint density at radius 2 is 2.00 bits per heavy atom. The molecule has 0 radical (unpaired) electrons. The summed E-state index contributed by atoms with van der Waals surface area (Å²) >= 11 is 0. The van der Waals surface area contributed by atoms with Crippen molar-refractivity contribution < 1.29 is 9.53 Å². The predicted octanol–water partition coefficient (Wildman–Crippen LogP) is 2.93. The third-order valence-electron chi connectivity index (χ3n) is 1.72. The molecule has 0 bridgehead atoms. The van der Waals surface area contributed by atoms with Crippen LogP contribution in [-0.2, 0) is 9.53 Å². The molecule has 13 heavy (non-hydrogen) atoms. The van der Waals surface area contributed by atoms with E-state index < -0.39 is 0 Å². The summed E-state index contributed by atoms with van der Waals surface area (Å²) in [5.74, 6) is 0.634. The molecule has 0 aliphatic heterocycles. The zero-order chi connectivity index (χ0) is 10.3. The molecule has 0 aliphatic rings. The predicted molar refractivity (Wildman–Crippen MR) is 54.5 cm³/mol. The lowest BCUT2D eigenvalue weighted by molar-refractivity contribution is -0.116. The molecule has 0 fully saturated rings. The van der Waals surface area contributed by atoms with Gasteiger partial charge in [0.25, 0.3) is 0 Å². The molecule has 2 nitrogen and oxygen atoms in total. The van der Waals surface area contributed by atoms with Crippen molar-refractivity contribution in [2.75, 3.05) is 6.61 Å². The van der Waals surface area contributed by atoms with E-state index in [-0.39, 0.29) is 5.78 Å². The average Bonchev–Trinajstić information content (AvgIpc) is 2.04. The Labute approximate surface area is 81.0 Å². The summed E-state index contributed by atoms with van der Waals surface area (Å²) in [4.78, 5) is 11.5. The molecule has 0 spiro atoms. The molecule has 0 aromatic heterocycles. The van der Waals surface area contributed by atoms with Crippen LogP contribution in [0.5, 0.6) is 0 Å². The number of hydrogen-bond donors (Lipinski definition) is 0. The van der Waals surface area contributed by atoms with Crippen molar-refractivity contribution in [3.05, 3.63) is 11.8 Å². The Balaban J connectivity index is 4.14. The van der Waals surface area contributed by atoms with Gasteiger partial charge >= 0.3 is 0 Å². The third kappa shape index (κ3) is 5.45. The quantitative estimate of drug-likeness (QED) is 0.468. The van der Waals surface area contributed by atoms with Crippen molar-refractivity contribution in [3.63, 3.8) is 0 Å². The van der Waals surface area contributed by atoms with Gasteiger partial charge in [-0.3, -0.25) is 4.79 Å². The van der Waals surface area contributed by atoms with E-state index in [1.165, 1.54) is 0 Å². The van der Waals surface area contributed by atoms with Gasteiger partial charge in [-0.2, -0.15) is 0 Å². The van der Waals surface area contributed by atoms with Gasteiger partial charge < -0.3 is 4.74 Å². The Morgan fingerprint density at radius 1 is 1.38 bits per heavy atom. The molecule has 0 rings (SSSR count). The zero-order valence-corrected chi connectivity index (χ0v) is 9.09. The minimum absolute atomic E-state index is 0.214. The highest BCUT2D eigenvalue weighted by Crippen LogP contribution is 2.10. The van der Waals surface area contributed by atoms with Crippen LogP contribution < -0.4 is 0 Å². The molecule has 0 amide bonds. The lowest BCUT2D eigenvalue weighted by Gasteiger charge is -2.06. The van der Waals surface area contributed by atoms with Crippen molar-refractivity contribution in [3.8, 4) is 0 Å². The number of carbonyl (C=O) groups excluding carboxylic acids is 1. The first-order valence-electron chi connectivity index (χ1n) is 4.95. The first kappa shape index (κ1) is 12.2. The largest absolute Gasteiger partial charge is 0.501 e. The number of allylic oxidation sites excluding steroid dienone is 1. The molecular formula is C11H20O2. The summed E-state index contributed by atoms with van der Waals surface area (Å²) < 4.78 is 5.11. The molecule has 0 aliphatic carbocycles. The van der Waals surface area contributed by atoms with Crippen LogP contribution in [-0.4, -0.2) is 12.4 Å². The molecule has 0 unspecified atom stereocenters. The number of ether oxygens (including phenoxy) is 1. The lowest BCUT2D eigenvalue weighted by Crippen LogP contribution is -2.06. The third-order valence-corrected chi connectivity index (χ3v) is 1.72. The van der Waals surface area contributed by atoms with Crippen LogP contribution in [0.3, 0.4) is 0 Å². The molecule has 0 heterocycles. The van der Waals surface area contributed by atoms with Gasteiger partial charge in [-0.05, 0) is 19.3 Å². The maximum absolute atomic E-state index is 11.5. The van der Waals surface area contributed by atoms with Gasteiger partial charge in [0.15, 0.2) is 5.78 Å². The van der Waals surface area contributed by atoms with Crippen molar-refractivity contribution in [1.29, 1.82) is 0 Å². The zero-order valence-electron chi connectivity index (χ0n) is 9.09. The van der Waals surface area contributed by atoms with Crippen LogP contribution in [0.2, 0.25) is 0 Å². The highest BCUT2D eigenvalue weighted by atomic mass is 16.5. The van der Waals surface area contributed by atoms with Gasteiger partial charge in [-0.25, -0.2) is 0 Å². The van der Waals surface area contributed by atoms with Crippen molar-refractivity contribution in [2.24, 2.45) is 5.92 Å². The Morgan fingerprint density at radius 3 is 2.38 bits per heavy atom. The fourth-order valence-corrected chi connectivity index (χ4v) is 1.03. The highest BCUT2D eigenvalue weighted by molar-refractivity contribution is 5.95. The Hall–Kier alpha value is -0.790. The highest BCUT2D eigenvalue weighted by Gasteiger charge is 2.09. The van der Waals surface area contributed by atoms with E-state index in [0.717, 1.165) is 12.0 Å². The van der Waals surface area contributed by atoms with E-state index in [0.29, 0.717) is 18.9 Å². The topological polar surface area (TPSA) is 26.3 Å².